The predicted octanol–water partition coefficient (Wildman–Crippen LogP) is 2.90. The number of aromatic carboxylic acids is 1. The van der Waals surface area contributed by atoms with Crippen LogP contribution in [-0.2, 0) is 6.18 Å². The summed E-state index contributed by atoms with van der Waals surface area (Å²) in [5.41, 5.74) is -1.14. The van der Waals surface area contributed by atoms with Crippen LogP contribution >= 0.6 is 0 Å². The van der Waals surface area contributed by atoms with Gasteiger partial charge in [-0.3, -0.25) is 0 Å². The quantitative estimate of drug-likeness (QED) is 0.912. The van der Waals surface area contributed by atoms with Crippen LogP contribution < -0.4 is 0 Å². The van der Waals surface area contributed by atoms with Gasteiger partial charge < -0.3 is 9.67 Å². The number of halogens is 3. The predicted molar refractivity (Wildman–Crippen MR) is 60.3 cm³/mol. The van der Waals surface area contributed by atoms with E-state index in [0.717, 1.165) is 22.5 Å². The number of rotatable bonds is 2. The second kappa shape index (κ2) is 4.42. The van der Waals surface area contributed by atoms with E-state index in [1.807, 2.05) is 0 Å². The van der Waals surface area contributed by atoms with E-state index in [-0.39, 0.29) is 5.82 Å². The summed E-state index contributed by atoms with van der Waals surface area (Å²) in [5, 5.41) is 8.80. The van der Waals surface area contributed by atoms with Gasteiger partial charge in [-0.05, 0) is 18.6 Å². The Morgan fingerprint density at radius 3 is 2.42 bits per heavy atom. The van der Waals surface area contributed by atoms with Gasteiger partial charge in [-0.1, -0.05) is 6.07 Å². The highest BCUT2D eigenvalue weighted by molar-refractivity contribution is 5.89. The third-order valence-corrected chi connectivity index (χ3v) is 2.52. The first-order valence-corrected chi connectivity index (χ1v) is 5.24. The van der Waals surface area contributed by atoms with Crippen LogP contribution in [0.25, 0.3) is 5.82 Å². The van der Waals surface area contributed by atoms with E-state index in [0.29, 0.717) is 0 Å². The maximum atomic E-state index is 12.7. The van der Waals surface area contributed by atoms with Crippen molar-refractivity contribution in [2.24, 2.45) is 0 Å². The van der Waals surface area contributed by atoms with Gasteiger partial charge in [0, 0.05) is 18.6 Å². The number of aryl methyl sites for hydroxylation is 1. The molecule has 0 saturated heterocycles. The maximum Gasteiger partial charge on any atom is 0.418 e. The maximum absolute atomic E-state index is 12.7. The molecule has 0 unspecified atom stereocenters. The van der Waals surface area contributed by atoms with Crippen molar-refractivity contribution in [3.8, 4) is 5.82 Å². The lowest BCUT2D eigenvalue weighted by Crippen LogP contribution is -2.09. The van der Waals surface area contributed by atoms with Crippen LogP contribution in [0.5, 0.6) is 0 Å². The van der Waals surface area contributed by atoms with Gasteiger partial charge in [-0.2, -0.15) is 13.2 Å². The lowest BCUT2D eigenvalue weighted by Gasteiger charge is -2.04. The molecule has 7 heteroatoms. The van der Waals surface area contributed by atoms with E-state index in [4.69, 9.17) is 5.11 Å². The first kappa shape index (κ1) is 13.1. The molecule has 2 heterocycles. The Kier molecular flexibility index (Phi) is 3.05. The van der Waals surface area contributed by atoms with Gasteiger partial charge in [0.2, 0.25) is 0 Å². The van der Waals surface area contributed by atoms with Crippen molar-refractivity contribution in [3.63, 3.8) is 0 Å². The fourth-order valence-corrected chi connectivity index (χ4v) is 1.60. The minimum Gasteiger partial charge on any atom is -0.478 e. The zero-order chi connectivity index (χ0) is 14.2. The first-order chi connectivity index (χ1) is 8.79. The van der Waals surface area contributed by atoms with E-state index in [1.54, 1.807) is 13.0 Å². The Morgan fingerprint density at radius 2 is 2.00 bits per heavy atom. The summed E-state index contributed by atoms with van der Waals surface area (Å²) in [6.45, 7) is 1.79. The number of carbonyl (C=O) groups is 1. The Morgan fingerprint density at radius 1 is 1.32 bits per heavy atom. The van der Waals surface area contributed by atoms with Gasteiger partial charge in [-0.15, -0.1) is 0 Å². The number of hydrogen-bond donors (Lipinski definition) is 1. The van der Waals surface area contributed by atoms with Crippen molar-refractivity contribution in [1.82, 2.24) is 9.55 Å². The number of aromatic nitrogens is 2. The summed E-state index contributed by atoms with van der Waals surface area (Å²) in [4.78, 5) is 14.8. The first-order valence-electron chi connectivity index (χ1n) is 5.24. The summed E-state index contributed by atoms with van der Waals surface area (Å²) in [6.07, 6.45) is -1.60. The van der Waals surface area contributed by atoms with Crippen LogP contribution in [0.4, 0.5) is 13.2 Å². The Bertz CT molecular complexity index is 615. The highest BCUT2D eigenvalue weighted by atomic mass is 19.4. The molecule has 0 saturated carbocycles. The number of alkyl halides is 3. The van der Waals surface area contributed by atoms with Gasteiger partial charge in [0.1, 0.15) is 5.82 Å². The molecule has 0 aromatic carbocycles. The summed E-state index contributed by atoms with van der Waals surface area (Å²) in [7, 11) is 0. The molecule has 19 heavy (non-hydrogen) atoms. The van der Waals surface area contributed by atoms with E-state index < -0.39 is 23.3 Å². The fraction of sp³-hybridized carbons (Fsp3) is 0.167. The lowest BCUT2D eigenvalue weighted by atomic mass is 10.2. The number of hydrogen-bond acceptors (Lipinski definition) is 2. The van der Waals surface area contributed by atoms with Crippen molar-refractivity contribution in [2.45, 2.75) is 13.1 Å². The van der Waals surface area contributed by atoms with Crippen LogP contribution in [0.2, 0.25) is 0 Å². The molecule has 0 bridgehead atoms. The zero-order valence-electron chi connectivity index (χ0n) is 9.77. The lowest BCUT2D eigenvalue weighted by molar-refractivity contribution is -0.138. The third kappa shape index (κ3) is 2.59. The largest absolute Gasteiger partial charge is 0.478 e. The van der Waals surface area contributed by atoms with E-state index in [1.165, 1.54) is 12.3 Å². The molecule has 0 spiro atoms. The summed E-state index contributed by atoms with van der Waals surface area (Å²) in [6, 6.07) is 3.19. The van der Waals surface area contributed by atoms with Crippen LogP contribution in [0.15, 0.2) is 30.7 Å². The number of carboxylic acid groups (broad SMARTS) is 1. The Balaban J connectivity index is 2.55. The van der Waals surface area contributed by atoms with Crippen molar-refractivity contribution >= 4 is 5.97 Å². The van der Waals surface area contributed by atoms with Crippen LogP contribution in [0.3, 0.4) is 0 Å². The molecule has 2 aromatic rings. The van der Waals surface area contributed by atoms with Gasteiger partial charge >= 0.3 is 12.1 Å². The molecular weight excluding hydrogens is 261 g/mol. The standard InChI is InChI=1S/C12H9F3N2O2/c1-7-2-3-10(16-4-7)17-5-8(11(18)19)9(6-17)12(13,14)15/h2-6H,1H3,(H,18,19). The van der Waals surface area contributed by atoms with E-state index in [2.05, 4.69) is 4.98 Å². The molecular formula is C12H9F3N2O2. The van der Waals surface area contributed by atoms with Crippen molar-refractivity contribution < 1.29 is 23.1 Å². The molecule has 0 atom stereocenters. The number of nitrogens with zero attached hydrogens (tertiary/aromatic N) is 2. The Hall–Kier alpha value is -2.31. The number of pyridine rings is 1. The summed E-state index contributed by atoms with van der Waals surface area (Å²) >= 11 is 0. The SMILES string of the molecule is Cc1ccc(-n2cc(C(=O)O)c(C(F)(F)F)c2)nc1. The van der Waals surface area contributed by atoms with Gasteiger partial charge in [0.15, 0.2) is 0 Å². The van der Waals surface area contributed by atoms with Crippen molar-refractivity contribution in [1.29, 1.82) is 0 Å². The summed E-state index contributed by atoms with van der Waals surface area (Å²) < 4.78 is 39.2. The second-order valence-electron chi connectivity index (χ2n) is 3.99. The fourth-order valence-electron chi connectivity index (χ4n) is 1.60. The Labute approximate surface area is 106 Å². The van der Waals surface area contributed by atoms with E-state index >= 15 is 0 Å². The molecule has 0 aliphatic rings. The monoisotopic (exact) mass is 270 g/mol. The van der Waals surface area contributed by atoms with Gasteiger partial charge in [0.25, 0.3) is 0 Å². The third-order valence-electron chi connectivity index (χ3n) is 2.52. The second-order valence-corrected chi connectivity index (χ2v) is 3.99. The van der Waals surface area contributed by atoms with Gasteiger partial charge in [0.05, 0.1) is 11.1 Å². The molecule has 2 aromatic heterocycles. The average Bonchev–Trinajstić information content (AvgIpc) is 2.74. The molecule has 4 nitrogen and oxygen atoms in total. The molecule has 1 N–H and O–H groups in total. The van der Waals surface area contributed by atoms with Crippen LogP contribution in [0.1, 0.15) is 21.5 Å². The molecule has 2 rings (SSSR count). The molecule has 100 valence electrons. The summed E-state index contributed by atoms with van der Waals surface area (Å²) in [5.74, 6) is -1.40. The average molecular weight is 270 g/mol. The minimum absolute atomic E-state index is 0.226. The topological polar surface area (TPSA) is 55.1 Å². The zero-order valence-corrected chi connectivity index (χ0v) is 9.77. The van der Waals surface area contributed by atoms with Crippen molar-refractivity contribution in [3.05, 3.63) is 47.4 Å². The molecule has 0 aliphatic carbocycles. The smallest absolute Gasteiger partial charge is 0.418 e. The van der Waals surface area contributed by atoms with E-state index in [9.17, 15) is 18.0 Å². The highest BCUT2D eigenvalue weighted by Crippen LogP contribution is 2.33. The van der Waals surface area contributed by atoms with Crippen LogP contribution in [-0.4, -0.2) is 20.6 Å². The molecule has 0 aliphatic heterocycles. The molecule has 0 fully saturated rings. The number of carboxylic acids is 1. The minimum atomic E-state index is -4.72. The molecule has 0 radical (unpaired) electrons. The van der Waals surface area contributed by atoms with Gasteiger partial charge in [-0.25, -0.2) is 9.78 Å². The normalized spacial score (nSPS) is 11.6. The highest BCUT2D eigenvalue weighted by Gasteiger charge is 2.37. The molecule has 0 amide bonds. The van der Waals surface area contributed by atoms with Crippen LogP contribution in [0, 0.1) is 6.92 Å². The van der Waals surface area contributed by atoms with Crippen molar-refractivity contribution in [2.75, 3.05) is 0 Å².